The Labute approximate surface area is 158 Å². The van der Waals surface area contributed by atoms with Crippen molar-refractivity contribution in [2.45, 2.75) is 24.9 Å². The van der Waals surface area contributed by atoms with Gasteiger partial charge >= 0.3 is 34.1 Å². The number of carbonyl (C=O) groups is 2. The standard InChI is InChI=1S/2C6H9N3O2.2Cu/c2*7-5(6(10)11)1-4-2-8-3-9-4;;/h2*2-3,5H,1,7H2,(H,8,9)(H,10,11);;/q;;2*+1/p-2. The van der Waals surface area contributed by atoms with Crippen molar-refractivity contribution in [3.63, 3.8) is 0 Å². The maximum Gasteiger partial charge on any atom is 1.00 e. The number of hydrogen-bond acceptors (Lipinski definition) is 8. The average molecular weight is 435 g/mol. The molecule has 0 saturated heterocycles. The van der Waals surface area contributed by atoms with E-state index in [0.717, 1.165) is 0 Å². The van der Waals surface area contributed by atoms with Crippen LogP contribution in [0.3, 0.4) is 0 Å². The van der Waals surface area contributed by atoms with Gasteiger partial charge in [-0.3, -0.25) is 0 Å². The van der Waals surface area contributed by atoms with Crippen LogP contribution in [0.15, 0.2) is 25.0 Å². The monoisotopic (exact) mass is 434 g/mol. The fraction of sp³-hybridized carbons (Fsp3) is 0.333. The average Bonchev–Trinajstić information content (AvgIpc) is 3.12. The maximum atomic E-state index is 10.2. The molecule has 12 heteroatoms. The topological polar surface area (TPSA) is 190 Å². The van der Waals surface area contributed by atoms with E-state index in [0.29, 0.717) is 11.4 Å². The first-order valence-corrected chi connectivity index (χ1v) is 6.27. The molecule has 0 aliphatic rings. The zero-order chi connectivity index (χ0) is 16.5. The fourth-order valence-corrected chi connectivity index (χ4v) is 1.43. The van der Waals surface area contributed by atoms with Gasteiger partial charge in [-0.25, -0.2) is 9.97 Å². The summed E-state index contributed by atoms with van der Waals surface area (Å²) in [6, 6.07) is -1.93. The van der Waals surface area contributed by atoms with Crippen molar-refractivity contribution in [2.24, 2.45) is 11.5 Å². The molecule has 2 heterocycles. The molecule has 0 spiro atoms. The third-order valence-corrected chi connectivity index (χ3v) is 2.59. The number of aliphatic carboxylic acids is 2. The first-order chi connectivity index (χ1) is 10.4. The molecule has 2 atom stereocenters. The van der Waals surface area contributed by atoms with Crippen LogP contribution in [-0.4, -0.2) is 44.0 Å². The molecule has 0 aromatic carbocycles. The molecule has 2 unspecified atom stereocenters. The molecule has 10 nitrogen and oxygen atoms in total. The number of carboxylic acids is 2. The second kappa shape index (κ2) is 12.7. The molecular formula is C12H16Cu2N6O4. The number of nitrogens with one attached hydrogen (secondary N) is 2. The van der Waals surface area contributed by atoms with E-state index in [9.17, 15) is 19.8 Å². The largest absolute Gasteiger partial charge is 1.00 e. The van der Waals surface area contributed by atoms with Crippen molar-refractivity contribution in [3.05, 3.63) is 36.4 Å². The molecule has 0 radical (unpaired) electrons. The number of aromatic nitrogens is 4. The molecule has 0 bridgehead atoms. The molecule has 140 valence electrons. The van der Waals surface area contributed by atoms with Gasteiger partial charge in [0.15, 0.2) is 0 Å². The smallest absolute Gasteiger partial charge is 0.548 e. The summed E-state index contributed by atoms with van der Waals surface area (Å²) in [7, 11) is 0. The number of H-pyrrole nitrogens is 2. The zero-order valence-electron chi connectivity index (χ0n) is 12.2. The number of carbonyl (C=O) groups excluding carboxylic acids is 2. The summed E-state index contributed by atoms with van der Waals surface area (Å²) in [5.74, 6) is -2.50. The minimum atomic E-state index is -1.25. The molecule has 6 N–H and O–H groups in total. The molecule has 2 rings (SSSR count). The third kappa shape index (κ3) is 9.46. The predicted molar refractivity (Wildman–Crippen MR) is 70.5 cm³/mol. The van der Waals surface area contributed by atoms with Gasteiger partial charge in [0.25, 0.3) is 0 Å². The number of carboxylic acid groups (broad SMARTS) is 2. The number of aromatic amines is 2. The molecule has 0 amide bonds. The molecule has 0 fully saturated rings. The van der Waals surface area contributed by atoms with E-state index in [-0.39, 0.29) is 47.0 Å². The fourth-order valence-electron chi connectivity index (χ4n) is 1.43. The summed E-state index contributed by atoms with van der Waals surface area (Å²) in [6.07, 6.45) is 6.45. The van der Waals surface area contributed by atoms with Crippen LogP contribution in [0.25, 0.3) is 0 Å². The second-order valence-corrected chi connectivity index (χ2v) is 4.41. The maximum absolute atomic E-state index is 10.2. The van der Waals surface area contributed by atoms with Crippen molar-refractivity contribution in [1.82, 2.24) is 19.9 Å². The van der Waals surface area contributed by atoms with Crippen LogP contribution in [-0.2, 0) is 56.6 Å². The SMILES string of the molecule is NC(Cc1cnc[nH]1)C(=O)[O-].NC(Cc1cnc[nH]1)C(=O)[O-].[Cu+].[Cu+]. The minimum absolute atomic E-state index is 0. The van der Waals surface area contributed by atoms with E-state index in [4.69, 9.17) is 11.5 Å². The van der Waals surface area contributed by atoms with Crippen LogP contribution in [0.1, 0.15) is 11.4 Å². The van der Waals surface area contributed by atoms with Gasteiger partial charge in [-0.2, -0.15) is 0 Å². The van der Waals surface area contributed by atoms with Gasteiger partial charge in [-0.1, -0.05) is 0 Å². The van der Waals surface area contributed by atoms with Gasteiger partial charge in [0.1, 0.15) is 0 Å². The van der Waals surface area contributed by atoms with Gasteiger partial charge in [0.05, 0.1) is 24.6 Å². The number of nitrogens with two attached hydrogens (primary N) is 2. The second-order valence-electron chi connectivity index (χ2n) is 4.41. The van der Waals surface area contributed by atoms with E-state index in [1.165, 1.54) is 25.0 Å². The third-order valence-electron chi connectivity index (χ3n) is 2.59. The van der Waals surface area contributed by atoms with E-state index < -0.39 is 24.0 Å². The Kier molecular flexibility index (Phi) is 13.0. The Balaban J connectivity index is 0. The van der Waals surface area contributed by atoms with Crippen molar-refractivity contribution < 1.29 is 53.9 Å². The van der Waals surface area contributed by atoms with E-state index in [2.05, 4.69) is 19.9 Å². The van der Waals surface area contributed by atoms with Crippen LogP contribution in [0, 0.1) is 0 Å². The summed E-state index contributed by atoms with van der Waals surface area (Å²) in [5.41, 5.74) is 11.8. The quantitative estimate of drug-likeness (QED) is 0.331. The van der Waals surface area contributed by atoms with Crippen LogP contribution >= 0.6 is 0 Å². The summed E-state index contributed by atoms with van der Waals surface area (Å²) >= 11 is 0. The Bertz CT molecular complexity index is 526. The molecule has 2 aromatic heterocycles. The van der Waals surface area contributed by atoms with Gasteiger partial charge in [-0.15, -0.1) is 0 Å². The van der Waals surface area contributed by atoms with Gasteiger partial charge in [-0.05, 0) is 0 Å². The molecule has 2 aromatic rings. The number of hydrogen-bond donors (Lipinski definition) is 4. The first kappa shape index (κ1) is 24.6. The Morgan fingerprint density at radius 3 is 1.46 bits per heavy atom. The molecular weight excluding hydrogens is 419 g/mol. The van der Waals surface area contributed by atoms with Gasteiger partial charge in [0, 0.05) is 48.7 Å². The Morgan fingerprint density at radius 2 is 1.25 bits per heavy atom. The van der Waals surface area contributed by atoms with E-state index in [1.807, 2.05) is 0 Å². The molecule has 0 saturated carbocycles. The van der Waals surface area contributed by atoms with Crippen LogP contribution < -0.4 is 21.7 Å². The van der Waals surface area contributed by atoms with E-state index in [1.54, 1.807) is 0 Å². The summed E-state index contributed by atoms with van der Waals surface area (Å²) < 4.78 is 0. The number of nitrogens with zero attached hydrogens (tertiary/aromatic N) is 2. The number of imidazole rings is 2. The van der Waals surface area contributed by atoms with Crippen LogP contribution in [0.4, 0.5) is 0 Å². The van der Waals surface area contributed by atoms with Crippen molar-refractivity contribution in [1.29, 1.82) is 0 Å². The molecule has 24 heavy (non-hydrogen) atoms. The molecule has 0 aliphatic carbocycles. The van der Waals surface area contributed by atoms with E-state index >= 15 is 0 Å². The van der Waals surface area contributed by atoms with Crippen molar-refractivity contribution in [3.8, 4) is 0 Å². The van der Waals surface area contributed by atoms with Crippen LogP contribution in [0.5, 0.6) is 0 Å². The Hall–Kier alpha value is -1.68. The normalized spacial score (nSPS) is 11.8. The van der Waals surface area contributed by atoms with Crippen molar-refractivity contribution >= 4 is 11.9 Å². The first-order valence-electron chi connectivity index (χ1n) is 6.27. The minimum Gasteiger partial charge on any atom is -0.548 e. The van der Waals surface area contributed by atoms with Crippen LogP contribution in [0.2, 0.25) is 0 Å². The van der Waals surface area contributed by atoms with Gasteiger partial charge in [0.2, 0.25) is 0 Å². The molecule has 0 aliphatic heterocycles. The summed E-state index contributed by atoms with van der Waals surface area (Å²) in [4.78, 5) is 33.2. The summed E-state index contributed by atoms with van der Waals surface area (Å²) in [5, 5.41) is 20.3. The Morgan fingerprint density at radius 1 is 0.917 bits per heavy atom. The summed E-state index contributed by atoms with van der Waals surface area (Å²) in [6.45, 7) is 0. The van der Waals surface area contributed by atoms with Crippen molar-refractivity contribution in [2.75, 3.05) is 0 Å². The zero-order valence-corrected chi connectivity index (χ0v) is 14.0. The predicted octanol–water partition coefficient (Wildman–Crippen LogP) is -3.95. The number of rotatable bonds is 6. The van der Waals surface area contributed by atoms with Gasteiger partial charge < -0.3 is 41.2 Å².